The molecule has 1 atom stereocenters. The second-order valence-electron chi connectivity index (χ2n) is 7.02. The van der Waals surface area contributed by atoms with Crippen LogP contribution in [0.15, 0.2) is 43.4 Å². The molecule has 0 bridgehead atoms. The van der Waals surface area contributed by atoms with Crippen molar-refractivity contribution < 1.29 is 9.53 Å². The molecule has 7 nitrogen and oxygen atoms in total. The van der Waals surface area contributed by atoms with Gasteiger partial charge in [0.1, 0.15) is 23.5 Å². The molecule has 1 saturated heterocycles. The Morgan fingerprint density at radius 1 is 1.39 bits per heavy atom. The monoisotopic (exact) mass is 377 g/mol. The van der Waals surface area contributed by atoms with Crippen molar-refractivity contribution in [2.24, 2.45) is 0 Å². The van der Waals surface area contributed by atoms with E-state index < -0.39 is 0 Å². The molecule has 1 aromatic carbocycles. The topological polar surface area (TPSA) is 86.3 Å². The Kier molecular flexibility index (Phi) is 4.50. The van der Waals surface area contributed by atoms with Crippen LogP contribution in [0, 0.1) is 6.92 Å². The maximum Gasteiger partial charge on any atom is 0.246 e. The van der Waals surface area contributed by atoms with Gasteiger partial charge in [0.15, 0.2) is 0 Å². The average molecular weight is 377 g/mol. The lowest BCUT2D eigenvalue weighted by Gasteiger charge is -2.15. The lowest BCUT2D eigenvalue weighted by atomic mass is 10.0. The number of nitrogen functional groups attached to an aromatic ring is 1. The molecule has 3 aromatic rings. The summed E-state index contributed by atoms with van der Waals surface area (Å²) in [5, 5.41) is 0.821. The van der Waals surface area contributed by atoms with E-state index in [4.69, 9.17) is 10.5 Å². The molecular weight excluding hydrogens is 354 g/mol. The van der Waals surface area contributed by atoms with Gasteiger partial charge in [-0.3, -0.25) is 4.79 Å². The zero-order chi connectivity index (χ0) is 19.8. The van der Waals surface area contributed by atoms with E-state index in [0.29, 0.717) is 18.9 Å². The number of hydrogen-bond acceptors (Lipinski definition) is 5. The first kappa shape index (κ1) is 18.0. The van der Waals surface area contributed by atoms with Crippen LogP contribution in [0.5, 0.6) is 5.75 Å². The van der Waals surface area contributed by atoms with Crippen molar-refractivity contribution in [1.82, 2.24) is 19.4 Å². The molecule has 28 heavy (non-hydrogen) atoms. The van der Waals surface area contributed by atoms with Crippen molar-refractivity contribution in [1.29, 1.82) is 0 Å². The Bertz CT molecular complexity index is 1070. The molecule has 2 aromatic heterocycles. The van der Waals surface area contributed by atoms with Gasteiger partial charge in [-0.05, 0) is 36.6 Å². The highest BCUT2D eigenvalue weighted by Gasteiger charge is 2.28. The maximum atomic E-state index is 12.0. The Morgan fingerprint density at radius 3 is 2.96 bits per heavy atom. The summed E-state index contributed by atoms with van der Waals surface area (Å²) >= 11 is 0. The van der Waals surface area contributed by atoms with Crippen molar-refractivity contribution in [2.45, 2.75) is 19.4 Å². The molecule has 144 valence electrons. The Balaban J connectivity index is 1.83. The third-order valence-corrected chi connectivity index (χ3v) is 5.40. The van der Waals surface area contributed by atoms with E-state index in [1.54, 1.807) is 7.11 Å². The third kappa shape index (κ3) is 2.89. The zero-order valence-electron chi connectivity index (χ0n) is 16.1. The van der Waals surface area contributed by atoms with Crippen molar-refractivity contribution in [3.8, 4) is 16.9 Å². The molecule has 1 aliphatic heterocycles. The number of anilines is 1. The normalized spacial score (nSPS) is 16.5. The van der Waals surface area contributed by atoms with Crippen LogP contribution in [-0.2, 0) is 4.79 Å². The van der Waals surface area contributed by atoms with Gasteiger partial charge in [-0.2, -0.15) is 0 Å². The summed E-state index contributed by atoms with van der Waals surface area (Å²) in [6.45, 7) is 6.91. The number of aryl methyl sites for hydroxylation is 1. The molecule has 2 N–H and O–H groups in total. The predicted molar refractivity (Wildman–Crippen MR) is 109 cm³/mol. The molecule has 1 amide bonds. The number of nitrogens with two attached hydrogens (primary N) is 1. The second-order valence-corrected chi connectivity index (χ2v) is 7.02. The fraction of sp³-hybridized carbons (Fsp3) is 0.286. The van der Waals surface area contributed by atoms with Crippen LogP contribution in [-0.4, -0.2) is 45.5 Å². The number of carbonyl (C=O) groups excluding carboxylic acids is 1. The fourth-order valence-corrected chi connectivity index (χ4v) is 3.89. The van der Waals surface area contributed by atoms with Crippen LogP contribution in [0.3, 0.4) is 0 Å². The zero-order valence-corrected chi connectivity index (χ0v) is 16.1. The van der Waals surface area contributed by atoms with Crippen LogP contribution in [0.4, 0.5) is 5.82 Å². The van der Waals surface area contributed by atoms with Gasteiger partial charge in [0.2, 0.25) is 5.91 Å². The molecule has 3 heterocycles. The number of likely N-dealkylation sites (tertiary alicyclic amines) is 1. The fourth-order valence-electron chi connectivity index (χ4n) is 3.89. The largest absolute Gasteiger partial charge is 0.496 e. The maximum absolute atomic E-state index is 12.0. The number of benzene rings is 1. The Labute approximate surface area is 163 Å². The third-order valence-electron chi connectivity index (χ3n) is 5.40. The number of nitrogens with zero attached hydrogens (tertiary/aromatic N) is 4. The van der Waals surface area contributed by atoms with Gasteiger partial charge in [-0.25, -0.2) is 9.97 Å². The molecule has 4 rings (SSSR count). The molecule has 0 aliphatic carbocycles. The standard InChI is InChI=1S/C21H23N5O2/c1-4-18(27)25-8-7-15(10-25)26-11-16(19-20(22)23-12-24-21(19)26)14-6-5-13(2)17(9-14)28-3/h4-6,9,11-12,15H,1,7-8,10H2,2-3H3,(H2,22,23,24)/t15-/m1/s1. The van der Waals surface area contributed by atoms with E-state index in [-0.39, 0.29) is 11.9 Å². The summed E-state index contributed by atoms with van der Waals surface area (Å²) in [7, 11) is 1.66. The highest BCUT2D eigenvalue weighted by molar-refractivity contribution is 6.01. The quantitative estimate of drug-likeness (QED) is 0.707. The summed E-state index contributed by atoms with van der Waals surface area (Å²) in [6.07, 6.45) is 5.76. The average Bonchev–Trinajstić information content (AvgIpc) is 3.33. The summed E-state index contributed by atoms with van der Waals surface area (Å²) < 4.78 is 7.60. The Morgan fingerprint density at radius 2 is 2.21 bits per heavy atom. The van der Waals surface area contributed by atoms with Crippen LogP contribution < -0.4 is 10.5 Å². The SMILES string of the molecule is C=CC(=O)N1CC[C@@H](n2cc(-c3ccc(C)c(OC)c3)c3c(N)ncnc32)C1. The predicted octanol–water partition coefficient (Wildman–Crippen LogP) is 2.96. The summed E-state index contributed by atoms with van der Waals surface area (Å²) in [5.41, 5.74) is 10.0. The summed E-state index contributed by atoms with van der Waals surface area (Å²) in [4.78, 5) is 22.5. The highest BCUT2D eigenvalue weighted by Crippen LogP contribution is 2.37. The number of carbonyl (C=O) groups is 1. The van der Waals surface area contributed by atoms with Crippen molar-refractivity contribution in [3.05, 3.63) is 48.9 Å². The number of methoxy groups -OCH3 is 1. The Hall–Kier alpha value is -3.35. The van der Waals surface area contributed by atoms with Gasteiger partial charge >= 0.3 is 0 Å². The number of fused-ring (bicyclic) bond motifs is 1. The molecular formula is C21H23N5O2. The number of aromatic nitrogens is 3. The van der Waals surface area contributed by atoms with Crippen LogP contribution in [0.2, 0.25) is 0 Å². The second kappa shape index (κ2) is 6.99. The van der Waals surface area contributed by atoms with Gasteiger partial charge in [0.25, 0.3) is 0 Å². The molecule has 1 aliphatic rings. The first-order chi connectivity index (χ1) is 13.5. The number of amides is 1. The van der Waals surface area contributed by atoms with Crippen LogP contribution >= 0.6 is 0 Å². The number of hydrogen-bond donors (Lipinski definition) is 1. The van der Waals surface area contributed by atoms with E-state index in [0.717, 1.165) is 39.9 Å². The summed E-state index contributed by atoms with van der Waals surface area (Å²) in [5.74, 6) is 1.21. The summed E-state index contributed by atoms with van der Waals surface area (Å²) in [6, 6.07) is 6.20. The van der Waals surface area contributed by atoms with Crippen molar-refractivity contribution in [3.63, 3.8) is 0 Å². The molecule has 1 fully saturated rings. The molecule has 0 saturated carbocycles. The van der Waals surface area contributed by atoms with Crippen LogP contribution in [0.1, 0.15) is 18.0 Å². The van der Waals surface area contributed by atoms with E-state index >= 15 is 0 Å². The number of ether oxygens (including phenoxy) is 1. The van der Waals surface area contributed by atoms with Gasteiger partial charge in [-0.1, -0.05) is 18.7 Å². The van der Waals surface area contributed by atoms with Gasteiger partial charge in [0, 0.05) is 24.8 Å². The first-order valence-corrected chi connectivity index (χ1v) is 9.20. The highest BCUT2D eigenvalue weighted by atomic mass is 16.5. The minimum absolute atomic E-state index is 0.0448. The van der Waals surface area contributed by atoms with Crippen LogP contribution in [0.25, 0.3) is 22.2 Å². The lowest BCUT2D eigenvalue weighted by molar-refractivity contribution is -0.125. The van der Waals surface area contributed by atoms with E-state index in [9.17, 15) is 4.79 Å². The molecule has 0 radical (unpaired) electrons. The van der Waals surface area contributed by atoms with E-state index in [1.807, 2.05) is 30.0 Å². The van der Waals surface area contributed by atoms with E-state index in [1.165, 1.54) is 12.4 Å². The van der Waals surface area contributed by atoms with Crippen molar-refractivity contribution in [2.75, 3.05) is 25.9 Å². The minimum atomic E-state index is -0.0448. The smallest absolute Gasteiger partial charge is 0.246 e. The molecule has 0 unspecified atom stereocenters. The molecule has 0 spiro atoms. The first-order valence-electron chi connectivity index (χ1n) is 9.20. The van der Waals surface area contributed by atoms with Gasteiger partial charge < -0.3 is 19.9 Å². The van der Waals surface area contributed by atoms with Gasteiger partial charge in [-0.15, -0.1) is 0 Å². The van der Waals surface area contributed by atoms with Crippen molar-refractivity contribution >= 4 is 22.8 Å². The lowest BCUT2D eigenvalue weighted by Crippen LogP contribution is -2.27. The van der Waals surface area contributed by atoms with E-state index in [2.05, 4.69) is 27.3 Å². The van der Waals surface area contributed by atoms with Gasteiger partial charge in [0.05, 0.1) is 18.5 Å². The molecule has 7 heteroatoms. The number of rotatable bonds is 4. The minimum Gasteiger partial charge on any atom is -0.496 e.